The minimum atomic E-state index is -0.515. The second kappa shape index (κ2) is 6.73. The summed E-state index contributed by atoms with van der Waals surface area (Å²) < 4.78 is 11.2. The third kappa shape index (κ3) is 4.50. The highest BCUT2D eigenvalue weighted by Gasteiger charge is 2.27. The van der Waals surface area contributed by atoms with E-state index in [0.29, 0.717) is 43.0 Å². The highest BCUT2D eigenvalue weighted by molar-refractivity contribution is 9.10. The molecule has 0 bridgehead atoms. The van der Waals surface area contributed by atoms with Crippen LogP contribution >= 0.6 is 15.9 Å². The molecule has 0 atom stereocenters. The average molecular weight is 373 g/mol. The fourth-order valence-electron chi connectivity index (χ4n) is 2.21. The van der Waals surface area contributed by atoms with Gasteiger partial charge in [-0.1, -0.05) is 0 Å². The summed E-state index contributed by atoms with van der Waals surface area (Å²) in [6.07, 6.45) is 0.384. The summed E-state index contributed by atoms with van der Waals surface area (Å²) in [5.74, 6) is 0.148. The number of carbonyl (C=O) groups excluding carboxylic acids is 2. The van der Waals surface area contributed by atoms with Crippen LogP contribution in [0, 0.1) is 0 Å². The Balaban J connectivity index is 1.95. The van der Waals surface area contributed by atoms with E-state index in [-0.39, 0.29) is 12.0 Å². The van der Waals surface area contributed by atoms with Gasteiger partial charge in [-0.2, -0.15) is 0 Å². The van der Waals surface area contributed by atoms with Crippen LogP contribution in [0.4, 0.5) is 4.79 Å². The lowest BCUT2D eigenvalue weighted by Gasteiger charge is -2.26. The number of halogens is 1. The van der Waals surface area contributed by atoms with Gasteiger partial charge >= 0.3 is 6.09 Å². The summed E-state index contributed by atoms with van der Waals surface area (Å²) in [5, 5.41) is 0. The second-order valence-electron chi connectivity index (χ2n) is 6.22. The first-order chi connectivity index (χ1) is 10.3. The number of hydrogen-bond donors (Lipinski definition) is 0. The van der Waals surface area contributed by atoms with Gasteiger partial charge in [0.25, 0.3) is 5.91 Å². The van der Waals surface area contributed by atoms with Crippen molar-refractivity contribution >= 4 is 27.9 Å². The van der Waals surface area contributed by atoms with Crippen LogP contribution in [0.15, 0.2) is 21.2 Å². The van der Waals surface area contributed by atoms with Crippen molar-refractivity contribution in [3.63, 3.8) is 0 Å². The van der Waals surface area contributed by atoms with E-state index in [2.05, 4.69) is 15.9 Å². The zero-order chi connectivity index (χ0) is 16.3. The predicted octanol–water partition coefficient (Wildman–Crippen LogP) is 3.13. The van der Waals surface area contributed by atoms with Crippen LogP contribution in [-0.2, 0) is 4.74 Å². The van der Waals surface area contributed by atoms with Crippen molar-refractivity contribution in [1.82, 2.24) is 9.80 Å². The summed E-state index contributed by atoms with van der Waals surface area (Å²) in [7, 11) is 0. The van der Waals surface area contributed by atoms with Crippen molar-refractivity contribution in [2.45, 2.75) is 32.8 Å². The van der Waals surface area contributed by atoms with E-state index >= 15 is 0 Å². The standard InChI is InChI=1S/C15H21BrN2O4/c1-15(2,3)22-14(20)18-8-4-7-17(9-10-18)13(19)11-5-6-12(16)21-11/h5-6H,4,7-10H2,1-3H3. The molecular formula is C15H21BrN2O4. The SMILES string of the molecule is CC(C)(C)OC(=O)N1CCCN(C(=O)c2ccc(Br)o2)CC1. The Bertz CT molecular complexity index is 550. The van der Waals surface area contributed by atoms with E-state index in [0.717, 1.165) is 0 Å². The summed E-state index contributed by atoms with van der Waals surface area (Å²) in [5.41, 5.74) is -0.515. The first-order valence-corrected chi connectivity index (χ1v) is 8.08. The van der Waals surface area contributed by atoms with Crippen LogP contribution in [0.25, 0.3) is 0 Å². The Hall–Kier alpha value is -1.50. The van der Waals surface area contributed by atoms with Gasteiger partial charge < -0.3 is 19.0 Å². The van der Waals surface area contributed by atoms with E-state index < -0.39 is 5.60 Å². The Morgan fingerprint density at radius 1 is 1.14 bits per heavy atom. The number of amides is 2. The molecule has 7 heteroatoms. The van der Waals surface area contributed by atoms with Crippen LogP contribution in [0.2, 0.25) is 0 Å². The summed E-state index contributed by atoms with van der Waals surface area (Å²) in [6, 6.07) is 3.33. The van der Waals surface area contributed by atoms with Crippen LogP contribution < -0.4 is 0 Å². The van der Waals surface area contributed by atoms with E-state index in [1.165, 1.54) is 0 Å². The second-order valence-corrected chi connectivity index (χ2v) is 7.00. The van der Waals surface area contributed by atoms with Crippen molar-refractivity contribution in [1.29, 1.82) is 0 Å². The summed E-state index contributed by atoms with van der Waals surface area (Å²) in [6.45, 7) is 7.63. The van der Waals surface area contributed by atoms with Crippen LogP contribution in [0.5, 0.6) is 0 Å². The van der Waals surface area contributed by atoms with Gasteiger partial charge in [-0.15, -0.1) is 0 Å². The number of furan rings is 1. The van der Waals surface area contributed by atoms with Crippen molar-refractivity contribution in [3.05, 3.63) is 22.6 Å². The first-order valence-electron chi connectivity index (χ1n) is 7.29. The van der Waals surface area contributed by atoms with Crippen molar-refractivity contribution in [2.24, 2.45) is 0 Å². The third-order valence-electron chi connectivity index (χ3n) is 3.22. The Morgan fingerprint density at radius 3 is 2.36 bits per heavy atom. The molecule has 1 aromatic rings. The highest BCUT2D eigenvalue weighted by Crippen LogP contribution is 2.17. The van der Waals surface area contributed by atoms with Crippen LogP contribution in [-0.4, -0.2) is 53.6 Å². The smallest absolute Gasteiger partial charge is 0.410 e. The zero-order valence-electron chi connectivity index (χ0n) is 13.1. The van der Waals surface area contributed by atoms with Crippen molar-refractivity contribution in [2.75, 3.05) is 26.2 Å². The molecule has 2 rings (SSSR count). The molecule has 1 saturated heterocycles. The molecule has 6 nitrogen and oxygen atoms in total. The van der Waals surface area contributed by atoms with E-state index in [1.807, 2.05) is 20.8 Å². The molecule has 0 aliphatic carbocycles. The quantitative estimate of drug-likeness (QED) is 0.759. The minimum absolute atomic E-state index is 0.156. The number of ether oxygens (including phenoxy) is 1. The Labute approximate surface area is 138 Å². The molecule has 22 heavy (non-hydrogen) atoms. The van der Waals surface area contributed by atoms with Gasteiger partial charge in [0.2, 0.25) is 0 Å². The maximum absolute atomic E-state index is 12.3. The molecule has 0 N–H and O–H groups in total. The molecule has 122 valence electrons. The molecule has 2 heterocycles. The van der Waals surface area contributed by atoms with E-state index in [1.54, 1.807) is 21.9 Å². The van der Waals surface area contributed by atoms with Gasteiger partial charge in [0, 0.05) is 26.2 Å². The van der Waals surface area contributed by atoms with Crippen molar-refractivity contribution < 1.29 is 18.7 Å². The maximum atomic E-state index is 12.3. The fourth-order valence-corrected chi connectivity index (χ4v) is 2.52. The monoisotopic (exact) mass is 372 g/mol. The molecule has 0 spiro atoms. The highest BCUT2D eigenvalue weighted by atomic mass is 79.9. The lowest BCUT2D eigenvalue weighted by molar-refractivity contribution is 0.0255. The van der Waals surface area contributed by atoms with Gasteiger partial charge in [0.05, 0.1) is 0 Å². The Morgan fingerprint density at radius 2 is 1.77 bits per heavy atom. The zero-order valence-corrected chi connectivity index (χ0v) is 14.7. The molecule has 0 unspecified atom stereocenters. The molecule has 0 radical (unpaired) electrons. The Kier molecular flexibility index (Phi) is 5.16. The van der Waals surface area contributed by atoms with Gasteiger partial charge in [0.15, 0.2) is 10.4 Å². The largest absolute Gasteiger partial charge is 0.444 e. The first kappa shape index (κ1) is 16.9. The minimum Gasteiger partial charge on any atom is -0.444 e. The molecule has 1 fully saturated rings. The molecule has 1 aliphatic heterocycles. The van der Waals surface area contributed by atoms with Gasteiger partial charge in [0.1, 0.15) is 5.60 Å². The average Bonchev–Trinajstić information content (AvgIpc) is 2.70. The maximum Gasteiger partial charge on any atom is 0.410 e. The van der Waals surface area contributed by atoms with E-state index in [9.17, 15) is 9.59 Å². The molecule has 1 aliphatic rings. The number of rotatable bonds is 1. The van der Waals surface area contributed by atoms with E-state index in [4.69, 9.17) is 9.15 Å². The summed E-state index contributed by atoms with van der Waals surface area (Å²) >= 11 is 3.19. The normalized spacial score (nSPS) is 16.4. The lowest BCUT2D eigenvalue weighted by atomic mass is 10.2. The van der Waals surface area contributed by atoms with Crippen molar-refractivity contribution in [3.8, 4) is 0 Å². The topological polar surface area (TPSA) is 63.0 Å². The predicted molar refractivity (Wildman–Crippen MR) is 84.7 cm³/mol. The van der Waals surface area contributed by atoms with Gasteiger partial charge in [-0.25, -0.2) is 4.79 Å². The molecule has 0 saturated carbocycles. The number of nitrogens with zero attached hydrogens (tertiary/aromatic N) is 2. The number of hydrogen-bond acceptors (Lipinski definition) is 4. The van der Waals surface area contributed by atoms with Crippen LogP contribution in [0.1, 0.15) is 37.7 Å². The fraction of sp³-hybridized carbons (Fsp3) is 0.600. The lowest BCUT2D eigenvalue weighted by Crippen LogP contribution is -2.40. The van der Waals surface area contributed by atoms with Crippen LogP contribution in [0.3, 0.4) is 0 Å². The van der Waals surface area contributed by atoms with Gasteiger partial charge in [-0.3, -0.25) is 4.79 Å². The summed E-state index contributed by atoms with van der Waals surface area (Å²) in [4.78, 5) is 27.8. The molecule has 0 aromatic carbocycles. The third-order valence-corrected chi connectivity index (χ3v) is 3.64. The number of carbonyl (C=O) groups is 2. The molecular weight excluding hydrogens is 352 g/mol. The molecule has 1 aromatic heterocycles. The molecule has 2 amide bonds. The van der Waals surface area contributed by atoms with Gasteiger partial charge in [-0.05, 0) is 55.3 Å².